The van der Waals surface area contributed by atoms with E-state index in [0.29, 0.717) is 12.5 Å². The molecule has 0 saturated heterocycles. The fourth-order valence-electron chi connectivity index (χ4n) is 2.50. The van der Waals surface area contributed by atoms with Crippen LogP contribution in [0.5, 0.6) is 0 Å². The van der Waals surface area contributed by atoms with Crippen LogP contribution in [0, 0.1) is 0 Å². The van der Waals surface area contributed by atoms with E-state index in [0.717, 1.165) is 26.1 Å². The van der Waals surface area contributed by atoms with Crippen molar-refractivity contribution in [3.05, 3.63) is 42.0 Å². The zero-order valence-corrected chi connectivity index (χ0v) is 16.3. The minimum Gasteiger partial charge on any atom is -0.370 e. The van der Waals surface area contributed by atoms with Gasteiger partial charge in [0.1, 0.15) is 0 Å². The maximum absolute atomic E-state index is 5.89. The first-order valence-corrected chi connectivity index (χ1v) is 8.32. The van der Waals surface area contributed by atoms with Crippen molar-refractivity contribution in [3.8, 4) is 0 Å². The lowest BCUT2D eigenvalue weighted by molar-refractivity contribution is 0.652. The summed E-state index contributed by atoms with van der Waals surface area (Å²) in [5.74, 6) is 0.546. The second kappa shape index (κ2) is 11.3. The van der Waals surface area contributed by atoms with Crippen LogP contribution in [0.1, 0.15) is 38.2 Å². The van der Waals surface area contributed by atoms with Gasteiger partial charge in [-0.05, 0) is 24.1 Å². The zero-order valence-electron chi connectivity index (χ0n) is 14.0. The van der Waals surface area contributed by atoms with Gasteiger partial charge in [0.15, 0.2) is 5.96 Å². The number of nitrogens with zero attached hydrogens (tertiary/aromatic N) is 2. The summed E-state index contributed by atoms with van der Waals surface area (Å²) in [6.45, 7) is 5.77. The second-order valence-corrected chi connectivity index (χ2v) is 5.73. The van der Waals surface area contributed by atoms with E-state index in [-0.39, 0.29) is 24.0 Å². The molecule has 0 saturated carbocycles. The van der Waals surface area contributed by atoms with Crippen LogP contribution in [0.3, 0.4) is 0 Å². The van der Waals surface area contributed by atoms with Gasteiger partial charge in [-0.1, -0.05) is 50.5 Å². The smallest absolute Gasteiger partial charge is 0.188 e. The predicted molar refractivity (Wildman–Crippen MR) is 111 cm³/mol. The van der Waals surface area contributed by atoms with Gasteiger partial charge in [-0.2, -0.15) is 0 Å². The molecule has 5 heteroatoms. The standard InChI is InChI=1S/C18H28N4.HI/c1-2-3-4-5-12-20-18(19)21-15-16-8-10-17(11-9-16)22-13-6-7-14-22;/h6-11H,2-5,12-15H2,1H3,(H3,19,20,21);1H. The van der Waals surface area contributed by atoms with Crippen LogP contribution < -0.4 is 16.0 Å². The van der Waals surface area contributed by atoms with Crippen LogP contribution in [0.2, 0.25) is 0 Å². The molecule has 1 aromatic carbocycles. The maximum Gasteiger partial charge on any atom is 0.188 e. The average Bonchev–Trinajstić information content (AvgIpc) is 3.08. The molecule has 1 aromatic rings. The van der Waals surface area contributed by atoms with Crippen molar-refractivity contribution >= 4 is 35.6 Å². The Balaban J connectivity index is 0.00000264. The summed E-state index contributed by atoms with van der Waals surface area (Å²) >= 11 is 0. The van der Waals surface area contributed by atoms with Crippen LogP contribution in [0.4, 0.5) is 5.69 Å². The van der Waals surface area contributed by atoms with Crippen LogP contribution in [0.15, 0.2) is 41.4 Å². The van der Waals surface area contributed by atoms with Gasteiger partial charge in [-0.15, -0.1) is 24.0 Å². The second-order valence-electron chi connectivity index (χ2n) is 5.73. The molecular weight excluding hydrogens is 399 g/mol. The zero-order chi connectivity index (χ0) is 15.6. The third-order valence-electron chi connectivity index (χ3n) is 3.89. The van der Waals surface area contributed by atoms with E-state index in [9.17, 15) is 0 Å². The normalized spacial score (nSPS) is 14.0. The Hall–Kier alpha value is -1.24. The average molecular weight is 428 g/mol. The van der Waals surface area contributed by atoms with Crippen molar-refractivity contribution in [1.82, 2.24) is 5.32 Å². The largest absolute Gasteiger partial charge is 0.370 e. The molecule has 0 unspecified atom stereocenters. The van der Waals surface area contributed by atoms with Crippen LogP contribution in [-0.2, 0) is 6.54 Å². The minimum absolute atomic E-state index is 0. The maximum atomic E-state index is 5.89. The summed E-state index contributed by atoms with van der Waals surface area (Å²) in [6.07, 6.45) is 9.35. The molecule has 0 spiro atoms. The van der Waals surface area contributed by atoms with E-state index in [4.69, 9.17) is 5.73 Å². The Labute approximate surface area is 157 Å². The number of anilines is 1. The van der Waals surface area contributed by atoms with Crippen molar-refractivity contribution in [1.29, 1.82) is 0 Å². The van der Waals surface area contributed by atoms with Gasteiger partial charge < -0.3 is 16.0 Å². The molecule has 0 radical (unpaired) electrons. The molecule has 23 heavy (non-hydrogen) atoms. The number of nitrogens with two attached hydrogens (primary N) is 1. The Morgan fingerprint density at radius 1 is 1.13 bits per heavy atom. The van der Waals surface area contributed by atoms with Gasteiger partial charge in [-0.25, -0.2) is 4.99 Å². The summed E-state index contributed by atoms with van der Waals surface area (Å²) in [6, 6.07) is 8.58. The van der Waals surface area contributed by atoms with Crippen molar-refractivity contribution in [2.75, 3.05) is 24.5 Å². The Kier molecular flexibility index (Phi) is 9.75. The van der Waals surface area contributed by atoms with Crippen LogP contribution in [-0.4, -0.2) is 25.6 Å². The van der Waals surface area contributed by atoms with Crippen molar-refractivity contribution in [2.24, 2.45) is 10.7 Å². The number of guanidine groups is 1. The number of benzene rings is 1. The third-order valence-corrected chi connectivity index (χ3v) is 3.89. The molecule has 0 amide bonds. The highest BCUT2D eigenvalue weighted by Crippen LogP contribution is 2.17. The van der Waals surface area contributed by atoms with Gasteiger partial charge in [0, 0.05) is 25.3 Å². The van der Waals surface area contributed by atoms with Crippen LogP contribution in [0.25, 0.3) is 0 Å². The van der Waals surface area contributed by atoms with E-state index >= 15 is 0 Å². The molecule has 0 bridgehead atoms. The molecule has 2 rings (SSSR count). The first kappa shape index (κ1) is 19.8. The summed E-state index contributed by atoms with van der Waals surface area (Å²) in [4.78, 5) is 6.73. The Bertz CT molecular complexity index is 488. The molecule has 128 valence electrons. The lowest BCUT2D eigenvalue weighted by atomic mass is 10.2. The summed E-state index contributed by atoms with van der Waals surface area (Å²) < 4.78 is 0. The van der Waals surface area contributed by atoms with Gasteiger partial charge in [0.2, 0.25) is 0 Å². The Morgan fingerprint density at radius 2 is 1.83 bits per heavy atom. The van der Waals surface area contributed by atoms with Gasteiger partial charge in [0.05, 0.1) is 6.54 Å². The Morgan fingerprint density at radius 3 is 2.48 bits per heavy atom. The summed E-state index contributed by atoms with van der Waals surface area (Å²) in [5, 5.41) is 3.18. The first-order chi connectivity index (χ1) is 10.8. The molecule has 3 N–H and O–H groups in total. The molecule has 4 nitrogen and oxygen atoms in total. The monoisotopic (exact) mass is 428 g/mol. The number of unbranched alkanes of at least 4 members (excludes halogenated alkanes) is 3. The highest BCUT2D eigenvalue weighted by Gasteiger charge is 2.06. The number of hydrogen-bond donors (Lipinski definition) is 2. The molecular formula is C18H29IN4. The molecule has 0 aromatic heterocycles. The third kappa shape index (κ3) is 7.24. The highest BCUT2D eigenvalue weighted by molar-refractivity contribution is 14.0. The highest BCUT2D eigenvalue weighted by atomic mass is 127. The van der Waals surface area contributed by atoms with E-state index in [1.54, 1.807) is 0 Å². The number of hydrogen-bond acceptors (Lipinski definition) is 2. The lowest BCUT2D eigenvalue weighted by Gasteiger charge is -2.17. The van der Waals surface area contributed by atoms with E-state index < -0.39 is 0 Å². The summed E-state index contributed by atoms with van der Waals surface area (Å²) in [5.41, 5.74) is 8.34. The molecule has 0 fully saturated rings. The molecule has 1 aliphatic rings. The number of halogens is 1. The number of nitrogens with one attached hydrogen (secondary N) is 1. The number of rotatable bonds is 8. The van der Waals surface area contributed by atoms with Crippen LogP contribution >= 0.6 is 24.0 Å². The van der Waals surface area contributed by atoms with Gasteiger partial charge in [-0.3, -0.25) is 0 Å². The van der Waals surface area contributed by atoms with Crippen molar-refractivity contribution < 1.29 is 0 Å². The quantitative estimate of drug-likeness (QED) is 0.219. The molecule has 1 heterocycles. The van der Waals surface area contributed by atoms with E-state index in [2.05, 4.69) is 58.6 Å². The van der Waals surface area contributed by atoms with Gasteiger partial charge in [0.25, 0.3) is 0 Å². The number of aliphatic imine (C=N–C) groups is 1. The SMILES string of the molecule is CCCCCCNC(N)=NCc1ccc(N2CC=CC2)cc1.I. The minimum atomic E-state index is 0. The first-order valence-electron chi connectivity index (χ1n) is 8.32. The fourth-order valence-corrected chi connectivity index (χ4v) is 2.50. The topological polar surface area (TPSA) is 53.6 Å². The summed E-state index contributed by atoms with van der Waals surface area (Å²) in [7, 11) is 0. The van der Waals surface area contributed by atoms with Crippen molar-refractivity contribution in [3.63, 3.8) is 0 Å². The molecule has 0 atom stereocenters. The lowest BCUT2D eigenvalue weighted by Crippen LogP contribution is -2.32. The molecule has 1 aliphatic heterocycles. The van der Waals surface area contributed by atoms with E-state index in [1.165, 1.54) is 30.5 Å². The molecule has 0 aliphatic carbocycles. The van der Waals surface area contributed by atoms with E-state index in [1.807, 2.05) is 0 Å². The van der Waals surface area contributed by atoms with Crippen molar-refractivity contribution in [2.45, 2.75) is 39.2 Å². The fraction of sp³-hybridized carbons (Fsp3) is 0.500. The predicted octanol–water partition coefficient (Wildman–Crippen LogP) is 3.67. The van der Waals surface area contributed by atoms with Gasteiger partial charge >= 0.3 is 0 Å².